The molecule has 0 saturated heterocycles. The Morgan fingerprint density at radius 2 is 2.42 bits per heavy atom. The van der Waals surface area contributed by atoms with E-state index in [-0.39, 0.29) is 11.5 Å². The first-order chi connectivity index (χ1) is 9.11. The maximum Gasteiger partial charge on any atom is 0.322 e. The molecule has 2 N–H and O–H groups in total. The molecule has 102 valence electrons. The van der Waals surface area contributed by atoms with E-state index in [9.17, 15) is 9.59 Å². The first-order valence-electron chi connectivity index (χ1n) is 5.98. The predicted octanol–water partition coefficient (Wildman–Crippen LogP) is 1.03. The van der Waals surface area contributed by atoms with Crippen LogP contribution in [0.2, 0.25) is 0 Å². The van der Waals surface area contributed by atoms with Crippen LogP contribution in [0.25, 0.3) is 10.2 Å². The quantitative estimate of drug-likeness (QED) is 0.800. The molecule has 0 aliphatic rings. The highest BCUT2D eigenvalue weighted by molar-refractivity contribution is 7.17. The second-order valence-electron chi connectivity index (χ2n) is 4.00. The van der Waals surface area contributed by atoms with Crippen molar-refractivity contribution in [2.45, 2.75) is 26.4 Å². The second-order valence-corrected chi connectivity index (χ2v) is 4.92. The van der Waals surface area contributed by atoms with E-state index >= 15 is 0 Å². The molecule has 0 aliphatic heterocycles. The Hall–Kier alpha value is -1.73. The van der Waals surface area contributed by atoms with Gasteiger partial charge in [0.1, 0.15) is 16.6 Å². The molecule has 0 amide bonds. The number of hydrogen-bond donors (Lipinski definition) is 2. The van der Waals surface area contributed by atoms with Crippen LogP contribution in [-0.2, 0) is 16.1 Å². The Bertz CT molecular complexity index is 634. The summed E-state index contributed by atoms with van der Waals surface area (Å²) in [6.45, 7) is 4.12. The van der Waals surface area contributed by atoms with Gasteiger partial charge in [-0.05, 0) is 25.3 Å². The summed E-state index contributed by atoms with van der Waals surface area (Å²) < 4.78 is 5.49. The molecule has 2 heterocycles. The Balaban J connectivity index is 2.05. The third-order valence-corrected chi connectivity index (χ3v) is 3.48. The lowest BCUT2D eigenvalue weighted by Gasteiger charge is -2.11. The van der Waals surface area contributed by atoms with Gasteiger partial charge in [-0.2, -0.15) is 0 Å². The molecule has 0 spiro atoms. The summed E-state index contributed by atoms with van der Waals surface area (Å²) in [4.78, 5) is 30.2. The van der Waals surface area contributed by atoms with Gasteiger partial charge in [0, 0.05) is 0 Å². The van der Waals surface area contributed by atoms with Gasteiger partial charge in [0.25, 0.3) is 5.56 Å². The number of H-pyrrole nitrogens is 1. The van der Waals surface area contributed by atoms with Crippen LogP contribution < -0.4 is 10.9 Å². The topological polar surface area (TPSA) is 84.1 Å². The number of aromatic amines is 1. The third kappa shape index (κ3) is 3.18. The molecule has 0 radical (unpaired) electrons. The number of rotatable bonds is 5. The number of fused-ring (bicyclic) bond motifs is 1. The number of carbonyl (C=O) groups excluding carboxylic acids is 1. The van der Waals surface area contributed by atoms with Crippen molar-refractivity contribution in [3.8, 4) is 0 Å². The van der Waals surface area contributed by atoms with Gasteiger partial charge in [-0.15, -0.1) is 11.3 Å². The molecule has 0 aliphatic carbocycles. The van der Waals surface area contributed by atoms with Crippen LogP contribution in [0.1, 0.15) is 19.7 Å². The van der Waals surface area contributed by atoms with Gasteiger partial charge >= 0.3 is 5.97 Å². The summed E-state index contributed by atoms with van der Waals surface area (Å²) in [5.74, 6) is 0.188. The molecule has 2 aromatic heterocycles. The van der Waals surface area contributed by atoms with Crippen LogP contribution in [0.3, 0.4) is 0 Å². The van der Waals surface area contributed by atoms with Gasteiger partial charge in [-0.25, -0.2) is 4.98 Å². The first-order valence-corrected chi connectivity index (χ1v) is 6.86. The lowest BCUT2D eigenvalue weighted by Crippen LogP contribution is -2.35. The van der Waals surface area contributed by atoms with Gasteiger partial charge < -0.3 is 9.72 Å². The fourth-order valence-electron chi connectivity index (χ4n) is 1.61. The average Bonchev–Trinajstić information content (AvgIpc) is 2.85. The molecular formula is C12H15N3O3S. The van der Waals surface area contributed by atoms with Gasteiger partial charge in [-0.1, -0.05) is 0 Å². The Labute approximate surface area is 113 Å². The molecule has 2 aromatic rings. The van der Waals surface area contributed by atoms with Gasteiger partial charge in [0.2, 0.25) is 0 Å². The Kier molecular flexibility index (Phi) is 4.28. The standard InChI is InChI=1S/C12H15N3O3S/c1-3-18-12(17)7(2)13-6-9-14-8-4-5-19-10(8)11(16)15-9/h4-5,7,13H,3,6H2,1-2H3,(H,14,15,16). The van der Waals surface area contributed by atoms with Crippen LogP contribution in [0.15, 0.2) is 16.2 Å². The predicted molar refractivity (Wildman–Crippen MR) is 73.2 cm³/mol. The fraction of sp³-hybridized carbons (Fsp3) is 0.417. The largest absolute Gasteiger partial charge is 0.465 e. The normalized spacial score (nSPS) is 12.5. The van der Waals surface area contributed by atoms with Crippen molar-refractivity contribution in [2.24, 2.45) is 0 Å². The van der Waals surface area contributed by atoms with Crippen LogP contribution >= 0.6 is 11.3 Å². The van der Waals surface area contributed by atoms with Gasteiger partial charge in [0.05, 0.1) is 18.7 Å². The van der Waals surface area contributed by atoms with Crippen molar-refractivity contribution in [1.29, 1.82) is 0 Å². The van der Waals surface area contributed by atoms with E-state index in [1.54, 1.807) is 19.9 Å². The minimum Gasteiger partial charge on any atom is -0.465 e. The fourth-order valence-corrected chi connectivity index (χ4v) is 2.33. The van der Waals surface area contributed by atoms with E-state index in [4.69, 9.17) is 4.74 Å². The van der Waals surface area contributed by atoms with Crippen LogP contribution in [-0.4, -0.2) is 28.6 Å². The maximum atomic E-state index is 11.7. The summed E-state index contributed by atoms with van der Waals surface area (Å²) in [6.07, 6.45) is 0. The Morgan fingerprint density at radius 3 is 3.16 bits per heavy atom. The number of nitrogens with one attached hydrogen (secondary N) is 2. The number of nitrogens with zero attached hydrogens (tertiary/aromatic N) is 1. The van der Waals surface area contributed by atoms with Crippen LogP contribution in [0, 0.1) is 0 Å². The highest BCUT2D eigenvalue weighted by atomic mass is 32.1. The zero-order valence-corrected chi connectivity index (χ0v) is 11.5. The highest BCUT2D eigenvalue weighted by Gasteiger charge is 2.13. The van der Waals surface area contributed by atoms with Crippen molar-refractivity contribution in [3.05, 3.63) is 27.6 Å². The molecule has 2 rings (SSSR count). The zero-order valence-electron chi connectivity index (χ0n) is 10.7. The van der Waals surface area contributed by atoms with Crippen molar-refractivity contribution in [3.63, 3.8) is 0 Å². The Morgan fingerprint density at radius 1 is 1.63 bits per heavy atom. The van der Waals surface area contributed by atoms with Crippen LogP contribution in [0.5, 0.6) is 0 Å². The highest BCUT2D eigenvalue weighted by Crippen LogP contribution is 2.13. The second kappa shape index (κ2) is 5.94. The molecule has 0 fully saturated rings. The molecule has 0 aromatic carbocycles. The monoisotopic (exact) mass is 281 g/mol. The number of esters is 1. The molecule has 1 unspecified atom stereocenters. The number of hydrogen-bond acceptors (Lipinski definition) is 6. The molecule has 0 bridgehead atoms. The molecule has 19 heavy (non-hydrogen) atoms. The van der Waals surface area contributed by atoms with Crippen molar-refractivity contribution >= 4 is 27.5 Å². The van der Waals surface area contributed by atoms with Crippen molar-refractivity contribution in [2.75, 3.05) is 6.61 Å². The van der Waals surface area contributed by atoms with Crippen molar-refractivity contribution < 1.29 is 9.53 Å². The zero-order chi connectivity index (χ0) is 13.8. The van der Waals surface area contributed by atoms with E-state index in [2.05, 4.69) is 15.3 Å². The summed E-state index contributed by atoms with van der Waals surface area (Å²) in [5.41, 5.74) is 0.523. The first kappa shape index (κ1) is 13.7. The van der Waals surface area contributed by atoms with E-state index in [0.717, 1.165) is 0 Å². The van der Waals surface area contributed by atoms with E-state index < -0.39 is 6.04 Å². The summed E-state index contributed by atoms with van der Waals surface area (Å²) in [7, 11) is 0. The molecule has 0 saturated carbocycles. The molecule has 1 atom stereocenters. The van der Waals surface area contributed by atoms with Gasteiger partial charge in [0.15, 0.2) is 0 Å². The minimum atomic E-state index is -0.441. The molecule has 7 heteroatoms. The molecular weight excluding hydrogens is 266 g/mol. The SMILES string of the molecule is CCOC(=O)C(C)NCc1nc2ccsc2c(=O)[nH]1. The number of aromatic nitrogens is 2. The summed E-state index contributed by atoms with van der Waals surface area (Å²) in [6, 6.07) is 1.36. The maximum absolute atomic E-state index is 11.7. The van der Waals surface area contributed by atoms with Crippen LogP contribution in [0.4, 0.5) is 0 Å². The number of ether oxygens (including phenoxy) is 1. The van der Waals surface area contributed by atoms with E-state index in [0.29, 0.717) is 29.2 Å². The lowest BCUT2D eigenvalue weighted by atomic mass is 10.3. The van der Waals surface area contributed by atoms with Crippen molar-refractivity contribution in [1.82, 2.24) is 15.3 Å². The average molecular weight is 281 g/mol. The smallest absolute Gasteiger partial charge is 0.322 e. The number of thiophene rings is 1. The number of carbonyl (C=O) groups is 1. The summed E-state index contributed by atoms with van der Waals surface area (Å²) >= 11 is 1.36. The van der Waals surface area contributed by atoms with E-state index in [1.807, 2.05) is 5.38 Å². The third-order valence-electron chi connectivity index (χ3n) is 2.58. The summed E-state index contributed by atoms with van der Waals surface area (Å²) in [5, 5.41) is 4.79. The van der Waals surface area contributed by atoms with Gasteiger partial charge in [-0.3, -0.25) is 14.9 Å². The minimum absolute atomic E-state index is 0.152. The van der Waals surface area contributed by atoms with E-state index in [1.165, 1.54) is 11.3 Å². The molecule has 6 nitrogen and oxygen atoms in total. The lowest BCUT2D eigenvalue weighted by molar-refractivity contribution is -0.145.